The lowest BCUT2D eigenvalue weighted by Gasteiger charge is -2.07. The molecule has 1 aromatic heterocycles. The van der Waals surface area contributed by atoms with Crippen LogP contribution in [0, 0.1) is 6.92 Å². The van der Waals surface area contributed by atoms with Crippen LogP contribution in [0.3, 0.4) is 0 Å². The van der Waals surface area contributed by atoms with Gasteiger partial charge in [-0.2, -0.15) is 0 Å². The summed E-state index contributed by atoms with van der Waals surface area (Å²) in [5, 5.41) is 9.44. The number of nitrogens with zero attached hydrogens (tertiary/aromatic N) is 1. The number of halogens is 2. The first-order valence-corrected chi connectivity index (χ1v) is 9.29. The number of anilines is 3. The number of carbonyl (C=O) groups excluding carboxylic acids is 1. The molecule has 3 rings (SSSR count). The second kappa shape index (κ2) is 7.87. The van der Waals surface area contributed by atoms with Crippen molar-refractivity contribution in [3.63, 3.8) is 0 Å². The van der Waals surface area contributed by atoms with Gasteiger partial charge >= 0.3 is 0 Å². The molecular weight excluding hydrogens is 377 g/mol. The maximum Gasteiger partial charge on any atom is 0.239 e. The molecule has 0 atom stereocenters. The summed E-state index contributed by atoms with van der Waals surface area (Å²) in [6.07, 6.45) is 0. The van der Waals surface area contributed by atoms with Gasteiger partial charge in [0.15, 0.2) is 5.13 Å². The van der Waals surface area contributed by atoms with Gasteiger partial charge in [0.05, 0.1) is 5.69 Å². The summed E-state index contributed by atoms with van der Waals surface area (Å²) in [6, 6.07) is 13.2. The van der Waals surface area contributed by atoms with Crippen molar-refractivity contribution in [1.82, 2.24) is 4.98 Å². The van der Waals surface area contributed by atoms with Crippen LogP contribution in [0.15, 0.2) is 47.8 Å². The van der Waals surface area contributed by atoms with Gasteiger partial charge in [0.1, 0.15) is 5.88 Å². The third kappa shape index (κ3) is 4.51. The van der Waals surface area contributed by atoms with E-state index in [1.807, 2.05) is 54.8 Å². The smallest absolute Gasteiger partial charge is 0.239 e. The van der Waals surface area contributed by atoms with Crippen LogP contribution < -0.4 is 10.6 Å². The summed E-state index contributed by atoms with van der Waals surface area (Å²) in [7, 11) is 0. The van der Waals surface area contributed by atoms with Crippen molar-refractivity contribution >= 4 is 57.0 Å². The van der Waals surface area contributed by atoms with Crippen molar-refractivity contribution in [1.29, 1.82) is 0 Å². The zero-order valence-corrected chi connectivity index (χ0v) is 15.7. The Morgan fingerprint density at radius 3 is 2.88 bits per heavy atom. The molecule has 4 nitrogen and oxygen atoms in total. The normalized spacial score (nSPS) is 10.5. The monoisotopic (exact) mass is 391 g/mol. The molecule has 25 heavy (non-hydrogen) atoms. The molecule has 0 aliphatic heterocycles. The number of hydrogen-bond donors (Lipinski definition) is 2. The quantitative estimate of drug-likeness (QED) is 0.548. The predicted molar refractivity (Wildman–Crippen MR) is 106 cm³/mol. The van der Waals surface area contributed by atoms with E-state index in [1.165, 1.54) is 11.3 Å². The zero-order valence-electron chi connectivity index (χ0n) is 13.3. The lowest BCUT2D eigenvalue weighted by molar-refractivity contribution is -0.113. The Morgan fingerprint density at radius 1 is 1.24 bits per heavy atom. The summed E-state index contributed by atoms with van der Waals surface area (Å²) >= 11 is 13.1. The molecular formula is C18H15Cl2N3OS. The Kier molecular flexibility index (Phi) is 5.58. The number of hydrogen-bond acceptors (Lipinski definition) is 4. The fourth-order valence-corrected chi connectivity index (χ4v) is 3.23. The van der Waals surface area contributed by atoms with Crippen molar-refractivity contribution in [3.8, 4) is 11.3 Å². The number of thiazole rings is 1. The minimum Gasteiger partial charge on any atom is -0.331 e. The Labute approximate surface area is 159 Å². The van der Waals surface area contributed by atoms with Crippen molar-refractivity contribution in [3.05, 3.63) is 58.4 Å². The minimum atomic E-state index is -0.240. The van der Waals surface area contributed by atoms with Crippen LogP contribution in [-0.4, -0.2) is 16.8 Å². The maximum atomic E-state index is 11.4. The van der Waals surface area contributed by atoms with Crippen LogP contribution >= 0.6 is 34.5 Å². The highest BCUT2D eigenvalue weighted by Crippen LogP contribution is 2.30. The van der Waals surface area contributed by atoms with Crippen molar-refractivity contribution in [2.24, 2.45) is 0 Å². The molecule has 0 aliphatic carbocycles. The molecule has 0 fully saturated rings. The van der Waals surface area contributed by atoms with Crippen LogP contribution in [0.2, 0.25) is 5.02 Å². The third-order valence-corrected chi connectivity index (χ3v) is 4.74. The van der Waals surface area contributed by atoms with E-state index in [0.29, 0.717) is 10.7 Å². The fraction of sp³-hybridized carbons (Fsp3) is 0.111. The van der Waals surface area contributed by atoms with Gasteiger partial charge in [-0.15, -0.1) is 22.9 Å². The molecule has 2 aromatic carbocycles. The molecule has 1 heterocycles. The van der Waals surface area contributed by atoms with Gasteiger partial charge in [0, 0.05) is 27.3 Å². The Hall–Kier alpha value is -2.08. The average molecular weight is 392 g/mol. The summed E-state index contributed by atoms with van der Waals surface area (Å²) in [6.45, 7) is 2.01. The van der Waals surface area contributed by atoms with E-state index in [4.69, 9.17) is 23.2 Å². The topological polar surface area (TPSA) is 54.0 Å². The van der Waals surface area contributed by atoms with Crippen LogP contribution in [0.4, 0.5) is 16.5 Å². The molecule has 7 heteroatoms. The van der Waals surface area contributed by atoms with Crippen molar-refractivity contribution < 1.29 is 4.79 Å². The molecule has 3 aromatic rings. The van der Waals surface area contributed by atoms with E-state index in [1.54, 1.807) is 0 Å². The van der Waals surface area contributed by atoms with Crippen molar-refractivity contribution in [2.45, 2.75) is 6.92 Å². The SMILES string of the molecule is Cc1ccc(Cl)cc1Nc1nc(-c2cccc(NC(=O)CCl)c2)cs1. The number of carbonyl (C=O) groups is 1. The number of benzene rings is 2. The first kappa shape index (κ1) is 17.7. The fourth-order valence-electron chi connectivity index (χ4n) is 2.26. The predicted octanol–water partition coefficient (Wildman–Crippen LogP) is 5.69. The first-order valence-electron chi connectivity index (χ1n) is 7.50. The Morgan fingerprint density at radius 2 is 2.08 bits per heavy atom. The van der Waals surface area contributed by atoms with E-state index in [-0.39, 0.29) is 11.8 Å². The van der Waals surface area contributed by atoms with Gasteiger partial charge in [0.25, 0.3) is 0 Å². The van der Waals surface area contributed by atoms with Crippen LogP contribution in [0.25, 0.3) is 11.3 Å². The average Bonchev–Trinajstić information content (AvgIpc) is 3.07. The van der Waals surface area contributed by atoms with E-state index >= 15 is 0 Å². The molecule has 0 aliphatic rings. The van der Waals surface area contributed by atoms with E-state index < -0.39 is 0 Å². The second-order valence-corrected chi connectivity index (χ2v) is 6.95. The number of aromatic nitrogens is 1. The number of aryl methyl sites for hydroxylation is 1. The molecule has 128 valence electrons. The van der Waals surface area contributed by atoms with Gasteiger partial charge in [-0.05, 0) is 36.8 Å². The molecule has 0 bridgehead atoms. The summed E-state index contributed by atoms with van der Waals surface area (Å²) < 4.78 is 0. The lowest BCUT2D eigenvalue weighted by atomic mass is 10.1. The molecule has 0 spiro atoms. The van der Waals surface area contributed by atoms with Crippen LogP contribution in [0.5, 0.6) is 0 Å². The van der Waals surface area contributed by atoms with E-state index in [2.05, 4.69) is 15.6 Å². The van der Waals surface area contributed by atoms with Gasteiger partial charge < -0.3 is 10.6 Å². The number of alkyl halides is 1. The number of amides is 1. The highest BCUT2D eigenvalue weighted by molar-refractivity contribution is 7.14. The molecule has 1 amide bonds. The zero-order chi connectivity index (χ0) is 17.8. The summed E-state index contributed by atoms with van der Waals surface area (Å²) in [5.41, 5.74) is 4.45. The van der Waals surface area contributed by atoms with E-state index in [9.17, 15) is 4.79 Å². The van der Waals surface area contributed by atoms with Gasteiger partial charge in [0.2, 0.25) is 5.91 Å². The Balaban J connectivity index is 1.80. The summed E-state index contributed by atoms with van der Waals surface area (Å²) in [5.74, 6) is -0.315. The van der Waals surface area contributed by atoms with Crippen LogP contribution in [-0.2, 0) is 4.79 Å². The molecule has 0 saturated carbocycles. The summed E-state index contributed by atoms with van der Waals surface area (Å²) in [4.78, 5) is 16.0. The maximum absolute atomic E-state index is 11.4. The van der Waals surface area contributed by atoms with E-state index in [0.717, 1.165) is 27.6 Å². The van der Waals surface area contributed by atoms with Crippen molar-refractivity contribution in [2.75, 3.05) is 16.5 Å². The molecule has 0 unspecified atom stereocenters. The van der Waals surface area contributed by atoms with Crippen LogP contribution in [0.1, 0.15) is 5.56 Å². The number of rotatable bonds is 5. The van der Waals surface area contributed by atoms with Gasteiger partial charge in [-0.25, -0.2) is 4.98 Å². The molecule has 2 N–H and O–H groups in total. The van der Waals surface area contributed by atoms with Gasteiger partial charge in [-0.3, -0.25) is 4.79 Å². The molecule has 0 saturated heterocycles. The highest BCUT2D eigenvalue weighted by Gasteiger charge is 2.08. The second-order valence-electron chi connectivity index (χ2n) is 5.38. The highest BCUT2D eigenvalue weighted by atomic mass is 35.5. The number of nitrogens with one attached hydrogen (secondary N) is 2. The molecule has 0 radical (unpaired) electrons. The standard InChI is InChI=1S/C18H15Cl2N3OS/c1-11-5-6-13(20)8-15(11)22-18-23-16(10-25-18)12-3-2-4-14(7-12)21-17(24)9-19/h2-8,10H,9H2,1H3,(H,21,24)(H,22,23). The third-order valence-electron chi connectivity index (χ3n) is 3.51. The largest absolute Gasteiger partial charge is 0.331 e. The minimum absolute atomic E-state index is 0.0754. The Bertz CT molecular complexity index is 911. The van der Waals surface area contributed by atoms with Gasteiger partial charge in [-0.1, -0.05) is 29.8 Å². The first-order chi connectivity index (χ1) is 12.0. The lowest BCUT2D eigenvalue weighted by Crippen LogP contribution is -2.12.